The van der Waals surface area contributed by atoms with Gasteiger partial charge in [0.25, 0.3) is 11.5 Å². The molecule has 2 aliphatic heterocycles. The maximum absolute atomic E-state index is 13.5. The number of benzene rings is 2. The van der Waals surface area contributed by atoms with Crippen LogP contribution in [-0.4, -0.2) is 40.4 Å². The van der Waals surface area contributed by atoms with E-state index in [-0.39, 0.29) is 17.5 Å². The minimum absolute atomic E-state index is 0.0781. The van der Waals surface area contributed by atoms with Crippen LogP contribution in [0.5, 0.6) is 0 Å². The van der Waals surface area contributed by atoms with Crippen LogP contribution in [0, 0.1) is 6.92 Å². The van der Waals surface area contributed by atoms with Gasteiger partial charge in [0, 0.05) is 34.8 Å². The number of hydrogen-bond acceptors (Lipinski definition) is 4. The van der Waals surface area contributed by atoms with Crippen molar-refractivity contribution in [1.29, 1.82) is 0 Å². The molecule has 1 saturated heterocycles. The van der Waals surface area contributed by atoms with Gasteiger partial charge in [0.2, 0.25) is 0 Å². The highest BCUT2D eigenvalue weighted by atomic mass is 35.5. The van der Waals surface area contributed by atoms with Gasteiger partial charge in [-0.1, -0.05) is 11.6 Å². The molecule has 0 spiro atoms. The molecule has 6 rings (SSSR count). The average molecular weight is 463 g/mol. The number of aromatic nitrogens is 3. The minimum atomic E-state index is -0.205. The monoisotopic (exact) mass is 462 g/mol. The van der Waals surface area contributed by atoms with Crippen molar-refractivity contribution in [3.63, 3.8) is 0 Å². The first kappa shape index (κ1) is 20.4. The van der Waals surface area contributed by atoms with Gasteiger partial charge in [-0.15, -0.1) is 0 Å². The molecule has 1 fully saturated rings. The lowest BCUT2D eigenvalue weighted by molar-refractivity contribution is 0.0565. The quantitative estimate of drug-likeness (QED) is 0.479. The highest BCUT2D eigenvalue weighted by molar-refractivity contribution is 6.30. The van der Waals surface area contributed by atoms with Crippen molar-refractivity contribution in [3.8, 4) is 0 Å². The Morgan fingerprint density at radius 1 is 1.24 bits per heavy atom. The summed E-state index contributed by atoms with van der Waals surface area (Å²) >= 11 is 6.13. The van der Waals surface area contributed by atoms with Gasteiger partial charge in [0.05, 0.1) is 35.3 Å². The Kier molecular flexibility index (Phi) is 4.78. The fraction of sp³-hybridized carbons (Fsp3) is 0.320. The number of nitrogens with zero attached hydrogens (tertiary/aromatic N) is 3. The zero-order chi connectivity index (χ0) is 22.7. The lowest BCUT2D eigenvalue weighted by atomic mass is 10.0. The summed E-state index contributed by atoms with van der Waals surface area (Å²) in [6.07, 6.45) is 4.32. The number of H-pyrrole nitrogens is 1. The Hall–Kier alpha value is -3.16. The van der Waals surface area contributed by atoms with Crippen molar-refractivity contribution in [2.24, 2.45) is 0 Å². The van der Waals surface area contributed by atoms with E-state index in [2.05, 4.69) is 10.1 Å². The number of amides is 1. The number of aryl methyl sites for hydroxylation is 1. The van der Waals surface area contributed by atoms with E-state index >= 15 is 0 Å². The van der Waals surface area contributed by atoms with E-state index in [4.69, 9.17) is 16.3 Å². The first-order valence-corrected chi connectivity index (χ1v) is 11.6. The molecule has 33 heavy (non-hydrogen) atoms. The van der Waals surface area contributed by atoms with Gasteiger partial charge >= 0.3 is 0 Å². The number of rotatable bonds is 2. The summed E-state index contributed by atoms with van der Waals surface area (Å²) in [6, 6.07) is 9.51. The summed E-state index contributed by atoms with van der Waals surface area (Å²) in [5, 5.41) is 6.65. The summed E-state index contributed by atoms with van der Waals surface area (Å²) in [5.74, 6) is -0.0781. The van der Waals surface area contributed by atoms with Crippen LogP contribution in [0.25, 0.3) is 21.8 Å². The molecule has 4 aromatic rings. The number of nitrogens with one attached hydrogen (secondary N) is 1. The zero-order valence-corrected chi connectivity index (χ0v) is 19.0. The molecule has 2 aromatic carbocycles. The van der Waals surface area contributed by atoms with Gasteiger partial charge < -0.3 is 14.6 Å². The second-order valence-electron chi connectivity index (χ2n) is 8.87. The van der Waals surface area contributed by atoms with Gasteiger partial charge in [-0.25, -0.2) is 0 Å². The van der Waals surface area contributed by atoms with E-state index in [9.17, 15) is 9.59 Å². The number of pyridine rings is 1. The molecule has 168 valence electrons. The number of carbonyl (C=O) groups excluding carboxylic acids is 1. The number of halogens is 1. The first-order valence-electron chi connectivity index (χ1n) is 11.2. The van der Waals surface area contributed by atoms with Crippen molar-refractivity contribution in [2.75, 3.05) is 24.7 Å². The van der Waals surface area contributed by atoms with E-state index in [1.165, 1.54) is 0 Å². The van der Waals surface area contributed by atoms with Crippen molar-refractivity contribution < 1.29 is 9.53 Å². The highest BCUT2D eigenvalue weighted by Crippen LogP contribution is 2.33. The Bertz CT molecular complexity index is 1480. The van der Waals surface area contributed by atoms with E-state index < -0.39 is 0 Å². The predicted molar refractivity (Wildman–Crippen MR) is 129 cm³/mol. The van der Waals surface area contributed by atoms with Gasteiger partial charge in [0.1, 0.15) is 0 Å². The second kappa shape index (κ2) is 7.71. The van der Waals surface area contributed by atoms with Crippen LogP contribution in [0.1, 0.15) is 40.4 Å². The molecule has 0 aliphatic carbocycles. The second-order valence-corrected chi connectivity index (χ2v) is 9.31. The molecule has 2 aromatic heterocycles. The smallest absolute Gasteiger partial charge is 0.259 e. The largest absolute Gasteiger partial charge is 0.379 e. The molecule has 2 aliphatic rings. The molecule has 0 saturated carbocycles. The molecular formula is C25H23ClN4O3. The van der Waals surface area contributed by atoms with Crippen molar-refractivity contribution >= 4 is 45.0 Å². The van der Waals surface area contributed by atoms with Gasteiger partial charge in [-0.05, 0) is 67.6 Å². The normalized spacial score (nSPS) is 18.2. The summed E-state index contributed by atoms with van der Waals surface area (Å²) < 4.78 is 7.58. The Morgan fingerprint density at radius 3 is 2.94 bits per heavy atom. The maximum Gasteiger partial charge on any atom is 0.259 e. The van der Waals surface area contributed by atoms with Crippen molar-refractivity contribution in [1.82, 2.24) is 14.8 Å². The lowest BCUT2D eigenvalue weighted by Gasteiger charge is -2.23. The van der Waals surface area contributed by atoms with Crippen LogP contribution < -0.4 is 10.5 Å². The molecule has 0 radical (unpaired) electrons. The first-order chi connectivity index (χ1) is 16.0. The summed E-state index contributed by atoms with van der Waals surface area (Å²) in [4.78, 5) is 31.1. The van der Waals surface area contributed by atoms with Gasteiger partial charge in [-0.2, -0.15) is 5.10 Å². The van der Waals surface area contributed by atoms with Crippen LogP contribution in [0.15, 0.2) is 41.3 Å². The SMILES string of the molecule is Cc1cc2c(cc1C(=O)N1CCc3cc(Cl)ccc31)[nH]c(=O)c1cnn(C3CCCOC3)c12. The van der Waals surface area contributed by atoms with Gasteiger partial charge in [-0.3, -0.25) is 14.3 Å². The van der Waals surface area contributed by atoms with Crippen LogP contribution >= 0.6 is 11.6 Å². The molecule has 7 nitrogen and oxygen atoms in total. The number of ether oxygens (including phenoxy) is 1. The third kappa shape index (κ3) is 3.26. The summed E-state index contributed by atoms with van der Waals surface area (Å²) in [6.45, 7) is 3.88. The fourth-order valence-corrected chi connectivity index (χ4v) is 5.34. The molecule has 1 atom stereocenters. The third-order valence-electron chi connectivity index (χ3n) is 6.80. The zero-order valence-electron chi connectivity index (χ0n) is 18.2. The van der Waals surface area contributed by atoms with E-state index in [1.54, 1.807) is 17.2 Å². The number of carbonyl (C=O) groups is 1. The fourth-order valence-electron chi connectivity index (χ4n) is 5.14. The number of hydrogen-bond donors (Lipinski definition) is 1. The van der Waals surface area contributed by atoms with Crippen molar-refractivity contribution in [2.45, 2.75) is 32.2 Å². The van der Waals surface area contributed by atoms with E-state index in [1.807, 2.05) is 35.9 Å². The van der Waals surface area contributed by atoms with Crippen LogP contribution in [-0.2, 0) is 11.2 Å². The molecule has 8 heteroatoms. The van der Waals surface area contributed by atoms with Gasteiger partial charge in [0.15, 0.2) is 0 Å². The molecule has 1 amide bonds. The van der Waals surface area contributed by atoms with Crippen molar-refractivity contribution in [3.05, 3.63) is 68.6 Å². The Labute approximate surface area is 194 Å². The molecule has 0 bridgehead atoms. The third-order valence-corrected chi connectivity index (χ3v) is 7.04. The number of fused-ring (bicyclic) bond motifs is 4. The molecule has 1 N–H and O–H groups in total. The van der Waals surface area contributed by atoms with E-state index in [0.717, 1.165) is 53.6 Å². The van der Waals surface area contributed by atoms with Crippen LogP contribution in [0.3, 0.4) is 0 Å². The topological polar surface area (TPSA) is 80.2 Å². The van der Waals surface area contributed by atoms with E-state index in [0.29, 0.717) is 34.6 Å². The molecule has 1 unspecified atom stereocenters. The lowest BCUT2D eigenvalue weighted by Crippen LogP contribution is -2.29. The predicted octanol–water partition coefficient (Wildman–Crippen LogP) is 4.39. The number of anilines is 1. The standard InChI is InChI=1S/C25H23ClN4O3/c1-14-9-19-21(11-18(14)25(32)29-7-6-15-10-16(26)4-5-22(15)29)28-24(31)20-12-27-30(23(19)20)17-3-2-8-33-13-17/h4-5,9-12,17H,2-3,6-8,13H2,1H3,(H,28,31). The average Bonchev–Trinajstić information content (AvgIpc) is 3.44. The minimum Gasteiger partial charge on any atom is -0.379 e. The highest BCUT2D eigenvalue weighted by Gasteiger charge is 2.28. The number of aromatic amines is 1. The van der Waals surface area contributed by atoms with Crippen LogP contribution in [0.2, 0.25) is 5.02 Å². The molecular weight excluding hydrogens is 440 g/mol. The maximum atomic E-state index is 13.5. The summed E-state index contributed by atoms with van der Waals surface area (Å²) in [5.41, 5.74) is 4.63. The Balaban J connectivity index is 1.48. The Morgan fingerprint density at radius 2 is 2.12 bits per heavy atom. The molecule has 4 heterocycles. The summed E-state index contributed by atoms with van der Waals surface area (Å²) in [7, 11) is 0. The van der Waals surface area contributed by atoms with Crippen LogP contribution in [0.4, 0.5) is 5.69 Å².